The van der Waals surface area contributed by atoms with Crippen LogP contribution in [-0.4, -0.2) is 23.6 Å². The van der Waals surface area contributed by atoms with Crippen molar-refractivity contribution in [1.82, 2.24) is 4.57 Å². The first-order valence-electron chi connectivity index (χ1n) is 6.57. The molecule has 1 aromatic rings. The van der Waals surface area contributed by atoms with Gasteiger partial charge >= 0.3 is 0 Å². The lowest BCUT2D eigenvalue weighted by atomic mass is 9.96. The van der Waals surface area contributed by atoms with Crippen molar-refractivity contribution in [2.75, 3.05) is 7.11 Å². The Morgan fingerprint density at radius 3 is 3.00 bits per heavy atom. The second-order valence-electron chi connectivity index (χ2n) is 5.13. The third kappa shape index (κ3) is 1.73. The fraction of sp³-hybridized carbons (Fsp3) is 0.643. The molecule has 0 radical (unpaired) electrons. The number of fused-ring (bicyclic) bond motifs is 1. The van der Waals surface area contributed by atoms with Crippen molar-refractivity contribution in [3.8, 4) is 0 Å². The first-order valence-corrected chi connectivity index (χ1v) is 6.57. The molecule has 17 heavy (non-hydrogen) atoms. The number of carbonyl (C=O) groups is 1. The molecule has 1 aromatic heterocycles. The Morgan fingerprint density at radius 2 is 2.18 bits per heavy atom. The Hall–Kier alpha value is -1.09. The van der Waals surface area contributed by atoms with Gasteiger partial charge in [0.1, 0.15) is 0 Å². The lowest BCUT2D eigenvalue weighted by Gasteiger charge is -2.24. The molecule has 3 heteroatoms. The number of nitrogens with zero attached hydrogens (tertiary/aromatic N) is 1. The van der Waals surface area contributed by atoms with Gasteiger partial charge in [-0.1, -0.05) is 0 Å². The number of ketones is 1. The molecule has 2 aliphatic carbocycles. The SMILES string of the molecule is COC1CCCC1n1ccc2c1CCCC2=O. The van der Waals surface area contributed by atoms with Gasteiger partial charge in [0.25, 0.3) is 0 Å². The van der Waals surface area contributed by atoms with E-state index < -0.39 is 0 Å². The second kappa shape index (κ2) is 4.30. The van der Waals surface area contributed by atoms with E-state index in [2.05, 4.69) is 10.8 Å². The third-order valence-electron chi connectivity index (χ3n) is 4.22. The minimum atomic E-state index is 0.317. The van der Waals surface area contributed by atoms with Gasteiger partial charge in [0, 0.05) is 31.0 Å². The summed E-state index contributed by atoms with van der Waals surface area (Å²) < 4.78 is 7.87. The number of Topliss-reactive ketones (excluding diaryl/α,β-unsaturated/α-hetero) is 1. The van der Waals surface area contributed by atoms with E-state index in [-0.39, 0.29) is 0 Å². The van der Waals surface area contributed by atoms with E-state index in [1.165, 1.54) is 18.5 Å². The van der Waals surface area contributed by atoms with E-state index >= 15 is 0 Å². The summed E-state index contributed by atoms with van der Waals surface area (Å²) in [7, 11) is 1.80. The highest BCUT2D eigenvalue weighted by Crippen LogP contribution is 2.35. The zero-order valence-electron chi connectivity index (χ0n) is 10.3. The molecule has 2 atom stereocenters. The number of aromatic nitrogens is 1. The maximum Gasteiger partial charge on any atom is 0.164 e. The number of hydrogen-bond donors (Lipinski definition) is 0. The Morgan fingerprint density at radius 1 is 1.29 bits per heavy atom. The van der Waals surface area contributed by atoms with Crippen molar-refractivity contribution in [1.29, 1.82) is 0 Å². The fourth-order valence-corrected chi connectivity index (χ4v) is 3.36. The van der Waals surface area contributed by atoms with Crippen LogP contribution < -0.4 is 0 Å². The maximum atomic E-state index is 11.8. The summed E-state index contributed by atoms with van der Waals surface area (Å²) >= 11 is 0. The van der Waals surface area contributed by atoms with Crippen molar-refractivity contribution < 1.29 is 9.53 Å². The smallest absolute Gasteiger partial charge is 0.164 e. The average Bonchev–Trinajstić information content (AvgIpc) is 2.94. The van der Waals surface area contributed by atoms with Crippen LogP contribution in [0.5, 0.6) is 0 Å². The molecule has 3 nitrogen and oxygen atoms in total. The van der Waals surface area contributed by atoms with Crippen LogP contribution in [0, 0.1) is 0 Å². The van der Waals surface area contributed by atoms with Gasteiger partial charge in [-0.05, 0) is 38.2 Å². The minimum Gasteiger partial charge on any atom is -0.379 e. The first kappa shape index (κ1) is 11.0. The van der Waals surface area contributed by atoms with Gasteiger partial charge in [-0.15, -0.1) is 0 Å². The van der Waals surface area contributed by atoms with Crippen LogP contribution in [0.1, 0.15) is 54.2 Å². The van der Waals surface area contributed by atoms with E-state index in [1.807, 2.05) is 6.07 Å². The highest BCUT2D eigenvalue weighted by Gasteiger charge is 2.31. The third-order valence-corrected chi connectivity index (χ3v) is 4.22. The lowest BCUT2D eigenvalue weighted by molar-refractivity contribution is 0.0738. The summed E-state index contributed by atoms with van der Waals surface area (Å²) in [5.41, 5.74) is 2.20. The highest BCUT2D eigenvalue weighted by molar-refractivity contribution is 5.98. The summed E-state index contributed by atoms with van der Waals surface area (Å²) in [6.07, 6.45) is 8.72. The number of methoxy groups -OCH3 is 1. The summed E-state index contributed by atoms with van der Waals surface area (Å²) in [5, 5.41) is 0. The van der Waals surface area contributed by atoms with Gasteiger partial charge in [0.05, 0.1) is 12.1 Å². The Bertz CT molecular complexity index is 435. The molecule has 0 aromatic carbocycles. The van der Waals surface area contributed by atoms with Gasteiger partial charge in [-0.2, -0.15) is 0 Å². The molecule has 2 unspecified atom stereocenters. The van der Waals surface area contributed by atoms with Crippen molar-refractivity contribution in [3.63, 3.8) is 0 Å². The molecular weight excluding hydrogens is 214 g/mol. The molecule has 2 aliphatic rings. The monoisotopic (exact) mass is 233 g/mol. The van der Waals surface area contributed by atoms with Gasteiger partial charge in [0.15, 0.2) is 5.78 Å². The minimum absolute atomic E-state index is 0.317. The number of carbonyl (C=O) groups excluding carboxylic acids is 1. The molecule has 1 heterocycles. The highest BCUT2D eigenvalue weighted by atomic mass is 16.5. The van der Waals surface area contributed by atoms with Gasteiger partial charge in [-0.3, -0.25) is 4.79 Å². The topological polar surface area (TPSA) is 31.2 Å². The molecule has 0 aliphatic heterocycles. The van der Waals surface area contributed by atoms with E-state index in [1.54, 1.807) is 7.11 Å². The van der Waals surface area contributed by atoms with Crippen molar-refractivity contribution in [2.24, 2.45) is 0 Å². The van der Waals surface area contributed by atoms with Crippen molar-refractivity contribution >= 4 is 5.78 Å². The Labute approximate surface area is 102 Å². The van der Waals surface area contributed by atoms with Crippen molar-refractivity contribution in [3.05, 3.63) is 23.5 Å². The predicted molar refractivity (Wildman–Crippen MR) is 65.4 cm³/mol. The first-order chi connectivity index (χ1) is 8.31. The van der Waals surface area contributed by atoms with E-state index in [9.17, 15) is 4.79 Å². The zero-order valence-corrected chi connectivity index (χ0v) is 10.3. The fourth-order valence-electron chi connectivity index (χ4n) is 3.36. The Kier molecular flexibility index (Phi) is 2.79. The maximum absolute atomic E-state index is 11.8. The van der Waals surface area contributed by atoms with Crippen molar-refractivity contribution in [2.45, 2.75) is 50.7 Å². The molecule has 92 valence electrons. The van der Waals surface area contributed by atoms with E-state index in [0.29, 0.717) is 17.9 Å². The van der Waals surface area contributed by atoms with Crippen LogP contribution in [0.15, 0.2) is 12.3 Å². The average molecular weight is 233 g/mol. The van der Waals surface area contributed by atoms with Crippen LogP contribution in [0.4, 0.5) is 0 Å². The quantitative estimate of drug-likeness (QED) is 0.786. The molecule has 3 rings (SSSR count). The normalized spacial score (nSPS) is 28.4. The Balaban J connectivity index is 1.96. The van der Waals surface area contributed by atoms with Crippen LogP contribution in [0.2, 0.25) is 0 Å². The molecule has 0 bridgehead atoms. The predicted octanol–water partition coefficient (Wildman–Crippen LogP) is 2.75. The van der Waals surface area contributed by atoms with Gasteiger partial charge in [0.2, 0.25) is 0 Å². The summed E-state index contributed by atoms with van der Waals surface area (Å²) in [6.45, 7) is 0. The molecule has 0 saturated heterocycles. The van der Waals surface area contributed by atoms with E-state index in [0.717, 1.165) is 31.2 Å². The zero-order chi connectivity index (χ0) is 11.8. The largest absolute Gasteiger partial charge is 0.379 e. The molecule has 0 amide bonds. The number of rotatable bonds is 2. The molecule has 1 fully saturated rings. The molecule has 1 saturated carbocycles. The summed E-state index contributed by atoms with van der Waals surface area (Å²) in [5.74, 6) is 0.317. The summed E-state index contributed by atoms with van der Waals surface area (Å²) in [4.78, 5) is 11.8. The van der Waals surface area contributed by atoms with E-state index in [4.69, 9.17) is 4.74 Å². The second-order valence-corrected chi connectivity index (χ2v) is 5.13. The van der Waals surface area contributed by atoms with Crippen LogP contribution in [-0.2, 0) is 11.2 Å². The van der Waals surface area contributed by atoms with Crippen LogP contribution >= 0.6 is 0 Å². The van der Waals surface area contributed by atoms with Gasteiger partial charge in [-0.25, -0.2) is 0 Å². The van der Waals surface area contributed by atoms with Crippen LogP contribution in [0.25, 0.3) is 0 Å². The molecular formula is C14H19NO2. The molecule has 0 spiro atoms. The standard InChI is InChI=1S/C14H19NO2/c1-17-14-7-3-5-12(14)15-9-8-10-11(15)4-2-6-13(10)16/h8-9,12,14H,2-7H2,1H3. The van der Waals surface area contributed by atoms with Gasteiger partial charge < -0.3 is 9.30 Å². The summed E-state index contributed by atoms with van der Waals surface area (Å²) in [6, 6.07) is 2.44. The molecule has 0 N–H and O–H groups in total. The number of hydrogen-bond acceptors (Lipinski definition) is 2. The van der Waals surface area contributed by atoms with Crippen LogP contribution in [0.3, 0.4) is 0 Å². The number of ether oxygens (including phenoxy) is 1. The lowest BCUT2D eigenvalue weighted by Crippen LogP contribution is -2.23.